The molecule has 0 aliphatic rings. The molecule has 1 rings (SSSR count). The van der Waals surface area contributed by atoms with Gasteiger partial charge in [-0.15, -0.1) is 0 Å². The number of nitrogens with two attached hydrogens (primary N) is 1. The second-order valence-corrected chi connectivity index (χ2v) is 4.19. The minimum absolute atomic E-state index is 0.303. The highest BCUT2D eigenvalue weighted by molar-refractivity contribution is 9.10. The highest BCUT2D eigenvalue weighted by Gasteiger charge is 2.11. The predicted octanol–water partition coefficient (Wildman–Crippen LogP) is 2.01. The van der Waals surface area contributed by atoms with Crippen LogP contribution >= 0.6 is 15.9 Å². The van der Waals surface area contributed by atoms with Crippen LogP contribution in [0.1, 0.15) is 11.6 Å². The Morgan fingerprint density at radius 1 is 1.46 bits per heavy atom. The van der Waals surface area contributed by atoms with Crippen molar-refractivity contribution in [1.82, 2.24) is 4.90 Å². The van der Waals surface area contributed by atoms with Crippen LogP contribution in [0.4, 0.5) is 0 Å². The fourth-order valence-electron chi connectivity index (χ4n) is 1.36. The van der Waals surface area contributed by atoms with Crippen molar-refractivity contribution >= 4 is 15.9 Å². The number of hydrogen-bond acceptors (Lipinski definition) is 2. The van der Waals surface area contributed by atoms with Gasteiger partial charge in [0.05, 0.1) is 0 Å². The predicted molar refractivity (Wildman–Crippen MR) is 59.6 cm³/mol. The summed E-state index contributed by atoms with van der Waals surface area (Å²) in [5, 5.41) is 0. The van der Waals surface area contributed by atoms with E-state index in [9.17, 15) is 0 Å². The summed E-state index contributed by atoms with van der Waals surface area (Å²) in [4.78, 5) is 2.13. The minimum Gasteiger partial charge on any atom is -0.329 e. The monoisotopic (exact) mass is 242 g/mol. The molecule has 0 aliphatic heterocycles. The van der Waals surface area contributed by atoms with Crippen LogP contribution in [0.5, 0.6) is 0 Å². The van der Waals surface area contributed by atoms with Gasteiger partial charge in [-0.1, -0.05) is 28.1 Å². The van der Waals surface area contributed by atoms with Crippen LogP contribution in [-0.2, 0) is 0 Å². The summed E-state index contributed by atoms with van der Waals surface area (Å²) in [6, 6.07) is 8.57. The van der Waals surface area contributed by atoms with Crippen molar-refractivity contribution in [2.75, 3.05) is 20.6 Å². The van der Waals surface area contributed by atoms with E-state index in [4.69, 9.17) is 5.73 Å². The van der Waals surface area contributed by atoms with Gasteiger partial charge in [0.15, 0.2) is 0 Å². The first kappa shape index (κ1) is 10.7. The Morgan fingerprint density at radius 2 is 2.15 bits per heavy atom. The third kappa shape index (κ3) is 2.79. The van der Waals surface area contributed by atoms with Gasteiger partial charge in [-0.05, 0) is 31.8 Å². The summed E-state index contributed by atoms with van der Waals surface area (Å²) in [5.41, 5.74) is 6.95. The van der Waals surface area contributed by atoms with E-state index in [1.165, 1.54) is 5.56 Å². The molecule has 72 valence electrons. The maximum absolute atomic E-state index is 5.70. The number of rotatable bonds is 3. The van der Waals surface area contributed by atoms with E-state index in [1.54, 1.807) is 0 Å². The van der Waals surface area contributed by atoms with Crippen molar-refractivity contribution < 1.29 is 0 Å². The van der Waals surface area contributed by atoms with Crippen LogP contribution in [0.15, 0.2) is 28.7 Å². The van der Waals surface area contributed by atoms with E-state index in [-0.39, 0.29) is 0 Å². The molecule has 0 amide bonds. The molecule has 0 aliphatic carbocycles. The highest BCUT2D eigenvalue weighted by atomic mass is 79.9. The number of benzene rings is 1. The molecular weight excluding hydrogens is 228 g/mol. The SMILES string of the molecule is CN(C)[C@@H](CN)c1cccc(Br)c1. The van der Waals surface area contributed by atoms with Crippen molar-refractivity contribution in [3.05, 3.63) is 34.3 Å². The van der Waals surface area contributed by atoms with Gasteiger partial charge in [-0.2, -0.15) is 0 Å². The molecule has 0 unspecified atom stereocenters. The van der Waals surface area contributed by atoms with Gasteiger partial charge in [0.25, 0.3) is 0 Å². The van der Waals surface area contributed by atoms with E-state index in [2.05, 4.69) is 33.0 Å². The van der Waals surface area contributed by atoms with E-state index >= 15 is 0 Å². The summed E-state index contributed by atoms with van der Waals surface area (Å²) in [5.74, 6) is 0. The fraction of sp³-hybridized carbons (Fsp3) is 0.400. The highest BCUT2D eigenvalue weighted by Crippen LogP contribution is 2.20. The molecule has 0 spiro atoms. The molecule has 1 aromatic carbocycles. The van der Waals surface area contributed by atoms with Gasteiger partial charge < -0.3 is 10.6 Å². The maximum Gasteiger partial charge on any atom is 0.0465 e. The van der Waals surface area contributed by atoms with Gasteiger partial charge in [0.2, 0.25) is 0 Å². The number of nitrogens with zero attached hydrogens (tertiary/aromatic N) is 1. The molecule has 0 saturated heterocycles. The first-order valence-electron chi connectivity index (χ1n) is 4.27. The van der Waals surface area contributed by atoms with Gasteiger partial charge in [0, 0.05) is 17.1 Å². The number of hydrogen-bond donors (Lipinski definition) is 1. The Labute approximate surface area is 87.9 Å². The van der Waals surface area contributed by atoms with Crippen LogP contribution in [0, 0.1) is 0 Å². The first-order chi connectivity index (χ1) is 6.15. The Kier molecular flexibility index (Phi) is 3.90. The molecule has 0 saturated carbocycles. The molecule has 0 aromatic heterocycles. The lowest BCUT2D eigenvalue weighted by Crippen LogP contribution is -2.27. The van der Waals surface area contributed by atoms with E-state index in [0.29, 0.717) is 12.6 Å². The van der Waals surface area contributed by atoms with Crippen LogP contribution < -0.4 is 5.73 Å². The zero-order valence-electron chi connectivity index (χ0n) is 8.00. The number of halogens is 1. The Bertz CT molecular complexity index is 273. The third-order valence-electron chi connectivity index (χ3n) is 2.08. The summed E-state index contributed by atoms with van der Waals surface area (Å²) < 4.78 is 1.10. The smallest absolute Gasteiger partial charge is 0.0465 e. The van der Waals surface area contributed by atoms with Gasteiger partial charge >= 0.3 is 0 Å². The second kappa shape index (κ2) is 4.74. The van der Waals surface area contributed by atoms with Crippen LogP contribution in [-0.4, -0.2) is 25.5 Å². The average molecular weight is 243 g/mol. The molecule has 2 nitrogen and oxygen atoms in total. The molecule has 1 atom stereocenters. The van der Waals surface area contributed by atoms with Crippen LogP contribution in [0.3, 0.4) is 0 Å². The standard InChI is InChI=1S/C10H15BrN2/c1-13(2)10(7-12)8-4-3-5-9(11)6-8/h3-6,10H,7,12H2,1-2H3/t10-/m0/s1. The van der Waals surface area contributed by atoms with E-state index < -0.39 is 0 Å². The lowest BCUT2D eigenvalue weighted by Gasteiger charge is -2.23. The first-order valence-corrected chi connectivity index (χ1v) is 5.06. The van der Waals surface area contributed by atoms with Crippen LogP contribution in [0.2, 0.25) is 0 Å². The Morgan fingerprint density at radius 3 is 2.62 bits per heavy atom. The van der Waals surface area contributed by atoms with Crippen molar-refractivity contribution in [3.8, 4) is 0 Å². The molecule has 0 bridgehead atoms. The lowest BCUT2D eigenvalue weighted by atomic mass is 10.1. The zero-order chi connectivity index (χ0) is 9.84. The van der Waals surface area contributed by atoms with Crippen molar-refractivity contribution in [1.29, 1.82) is 0 Å². The van der Waals surface area contributed by atoms with Gasteiger partial charge in [-0.25, -0.2) is 0 Å². The van der Waals surface area contributed by atoms with Crippen molar-refractivity contribution in [2.45, 2.75) is 6.04 Å². The van der Waals surface area contributed by atoms with Crippen molar-refractivity contribution in [2.24, 2.45) is 5.73 Å². The second-order valence-electron chi connectivity index (χ2n) is 3.27. The normalized spacial score (nSPS) is 13.3. The minimum atomic E-state index is 0.303. The molecule has 0 fully saturated rings. The maximum atomic E-state index is 5.70. The molecule has 2 N–H and O–H groups in total. The molecule has 1 aromatic rings. The van der Waals surface area contributed by atoms with Gasteiger partial charge in [0.1, 0.15) is 0 Å². The third-order valence-corrected chi connectivity index (χ3v) is 2.57. The van der Waals surface area contributed by atoms with E-state index in [1.807, 2.05) is 26.2 Å². The van der Waals surface area contributed by atoms with Gasteiger partial charge in [-0.3, -0.25) is 0 Å². The lowest BCUT2D eigenvalue weighted by molar-refractivity contribution is 0.306. The molecule has 0 radical (unpaired) electrons. The summed E-state index contributed by atoms with van der Waals surface area (Å²) in [6.07, 6.45) is 0. The van der Waals surface area contributed by atoms with Crippen LogP contribution in [0.25, 0.3) is 0 Å². The fourth-order valence-corrected chi connectivity index (χ4v) is 1.78. The molecule has 0 heterocycles. The quantitative estimate of drug-likeness (QED) is 0.879. The molecule has 13 heavy (non-hydrogen) atoms. The Hall–Kier alpha value is -0.380. The average Bonchev–Trinajstić information content (AvgIpc) is 2.04. The zero-order valence-corrected chi connectivity index (χ0v) is 9.58. The number of likely N-dealkylation sites (N-methyl/N-ethyl adjacent to an activating group) is 1. The molecular formula is C10H15BrN2. The van der Waals surface area contributed by atoms with E-state index in [0.717, 1.165) is 4.47 Å². The topological polar surface area (TPSA) is 29.3 Å². The summed E-state index contributed by atoms with van der Waals surface area (Å²) in [7, 11) is 4.08. The largest absolute Gasteiger partial charge is 0.329 e. The Balaban J connectivity index is 2.91. The molecule has 3 heteroatoms. The van der Waals surface area contributed by atoms with Crippen molar-refractivity contribution in [3.63, 3.8) is 0 Å². The summed E-state index contributed by atoms with van der Waals surface area (Å²) >= 11 is 3.45. The summed E-state index contributed by atoms with van der Waals surface area (Å²) in [6.45, 7) is 0.642.